The summed E-state index contributed by atoms with van der Waals surface area (Å²) in [5.74, 6) is 0.914. The maximum atomic E-state index is 5.10. The van der Waals surface area contributed by atoms with Crippen LogP contribution in [0, 0.1) is 13.8 Å². The van der Waals surface area contributed by atoms with Crippen molar-refractivity contribution in [2.45, 2.75) is 13.8 Å². The summed E-state index contributed by atoms with van der Waals surface area (Å²) in [4.78, 5) is 10.1. The molecule has 0 unspecified atom stereocenters. The van der Waals surface area contributed by atoms with Crippen molar-refractivity contribution in [1.29, 1.82) is 0 Å². The number of benzene rings is 5. The number of hydrogen-bond donors (Lipinski definition) is 0. The van der Waals surface area contributed by atoms with E-state index in [2.05, 4.69) is 156 Å². The first-order chi connectivity index (χ1) is 22.7. The summed E-state index contributed by atoms with van der Waals surface area (Å²) in [6.07, 6.45) is 1.98. The molecule has 0 aliphatic heterocycles. The minimum atomic E-state index is 0.914. The summed E-state index contributed by atoms with van der Waals surface area (Å²) in [5.41, 5.74) is 12.3. The third-order valence-electron chi connectivity index (χ3n) is 9.28. The molecule has 0 radical (unpaired) electrons. The topological polar surface area (TPSA) is 35.6 Å². The van der Waals surface area contributed by atoms with E-state index >= 15 is 0 Å². The van der Waals surface area contributed by atoms with Crippen molar-refractivity contribution in [2.75, 3.05) is 0 Å². The third kappa shape index (κ3) is 4.00. The molecule has 0 spiro atoms. The highest BCUT2D eigenvalue weighted by Gasteiger charge is 2.21. The molecule has 4 aromatic heterocycles. The van der Waals surface area contributed by atoms with Crippen molar-refractivity contribution in [3.63, 3.8) is 0 Å². The van der Waals surface area contributed by atoms with E-state index in [0.29, 0.717) is 0 Å². The van der Waals surface area contributed by atoms with Crippen LogP contribution >= 0.6 is 0 Å². The third-order valence-corrected chi connectivity index (χ3v) is 9.28. The molecule has 5 aromatic carbocycles. The average molecular weight is 591 g/mol. The second-order valence-corrected chi connectivity index (χ2v) is 12.0. The molecule has 4 heterocycles. The van der Waals surface area contributed by atoms with E-state index in [1.807, 2.05) is 12.3 Å². The quantitative estimate of drug-likeness (QED) is 0.204. The predicted molar refractivity (Wildman–Crippen MR) is 191 cm³/mol. The van der Waals surface area contributed by atoms with Crippen LogP contribution in [0.15, 0.2) is 146 Å². The van der Waals surface area contributed by atoms with E-state index in [9.17, 15) is 0 Å². The van der Waals surface area contributed by atoms with Crippen LogP contribution in [-0.4, -0.2) is 19.1 Å². The van der Waals surface area contributed by atoms with Crippen molar-refractivity contribution in [3.8, 4) is 34.0 Å². The molecule has 0 aliphatic carbocycles. The van der Waals surface area contributed by atoms with E-state index in [1.165, 1.54) is 43.7 Å². The number of pyridine rings is 2. The van der Waals surface area contributed by atoms with Gasteiger partial charge in [-0.15, -0.1) is 0 Å². The molecule has 0 bridgehead atoms. The standard InChI is InChI=1S/C42H30N4/c1-27-24-40(43-26-28(27)2)46-38-23-22-37-41(32-16-9-10-19-36(32)45(37)31-14-7-4-8-15-31)42(38)33-21-20-30(25-39(33)46)35-18-11-17-34(44-35)29-12-5-3-6-13-29/h3-26H,1-2H3. The van der Waals surface area contributed by atoms with Gasteiger partial charge in [0, 0.05) is 44.6 Å². The Balaban J connectivity index is 1.38. The zero-order chi connectivity index (χ0) is 30.8. The molecule has 0 atom stereocenters. The van der Waals surface area contributed by atoms with Gasteiger partial charge < -0.3 is 4.57 Å². The van der Waals surface area contributed by atoms with Crippen LogP contribution in [-0.2, 0) is 0 Å². The minimum Gasteiger partial charge on any atom is -0.309 e. The van der Waals surface area contributed by atoms with E-state index in [1.54, 1.807) is 0 Å². The lowest BCUT2D eigenvalue weighted by Crippen LogP contribution is -1.99. The van der Waals surface area contributed by atoms with Gasteiger partial charge in [-0.2, -0.15) is 0 Å². The highest BCUT2D eigenvalue weighted by atomic mass is 15.1. The first kappa shape index (κ1) is 26.4. The maximum absolute atomic E-state index is 5.10. The lowest BCUT2D eigenvalue weighted by atomic mass is 10.0. The van der Waals surface area contributed by atoms with Gasteiger partial charge >= 0.3 is 0 Å². The molecule has 9 aromatic rings. The van der Waals surface area contributed by atoms with Crippen LogP contribution in [0.1, 0.15) is 11.1 Å². The number of rotatable bonds is 4. The second kappa shape index (κ2) is 10.3. The number of para-hydroxylation sites is 2. The molecule has 0 fully saturated rings. The SMILES string of the molecule is Cc1cnc(-n2c3cc(-c4cccc(-c5ccccc5)n4)ccc3c3c4c5ccccc5n(-c5ccccc5)c4ccc32)cc1C. The van der Waals surface area contributed by atoms with E-state index in [-0.39, 0.29) is 0 Å². The second-order valence-electron chi connectivity index (χ2n) is 12.0. The highest BCUT2D eigenvalue weighted by molar-refractivity contribution is 6.29. The Kier molecular flexibility index (Phi) is 5.90. The van der Waals surface area contributed by atoms with Crippen LogP contribution in [0.25, 0.3) is 77.6 Å². The monoisotopic (exact) mass is 590 g/mol. The molecule has 218 valence electrons. The molecule has 9 rings (SSSR count). The van der Waals surface area contributed by atoms with Gasteiger partial charge in [0.15, 0.2) is 0 Å². The maximum Gasteiger partial charge on any atom is 0.137 e. The predicted octanol–water partition coefficient (Wildman–Crippen LogP) is 10.6. The average Bonchev–Trinajstić information content (AvgIpc) is 3.63. The van der Waals surface area contributed by atoms with Gasteiger partial charge in [0.1, 0.15) is 5.82 Å². The van der Waals surface area contributed by atoms with Crippen LogP contribution in [0.4, 0.5) is 0 Å². The molecule has 4 nitrogen and oxygen atoms in total. The Bertz CT molecular complexity index is 2590. The molecule has 0 saturated carbocycles. The molecule has 46 heavy (non-hydrogen) atoms. The van der Waals surface area contributed by atoms with Gasteiger partial charge in [0.25, 0.3) is 0 Å². The van der Waals surface area contributed by atoms with E-state index in [0.717, 1.165) is 45.1 Å². The van der Waals surface area contributed by atoms with E-state index < -0.39 is 0 Å². The van der Waals surface area contributed by atoms with Crippen LogP contribution in [0.3, 0.4) is 0 Å². The fourth-order valence-electron chi connectivity index (χ4n) is 6.92. The van der Waals surface area contributed by atoms with Gasteiger partial charge in [-0.1, -0.05) is 84.9 Å². The smallest absolute Gasteiger partial charge is 0.137 e. The summed E-state index contributed by atoms with van der Waals surface area (Å²) in [5, 5.41) is 4.91. The first-order valence-electron chi connectivity index (χ1n) is 15.7. The highest BCUT2D eigenvalue weighted by Crippen LogP contribution is 2.43. The van der Waals surface area contributed by atoms with Crippen molar-refractivity contribution in [1.82, 2.24) is 19.1 Å². The number of aromatic nitrogens is 4. The van der Waals surface area contributed by atoms with Crippen LogP contribution < -0.4 is 0 Å². The summed E-state index contributed by atoms with van der Waals surface area (Å²) in [6.45, 7) is 4.27. The molecule has 0 aliphatic rings. The molecule has 4 heteroatoms. The van der Waals surface area contributed by atoms with Crippen molar-refractivity contribution in [2.24, 2.45) is 0 Å². The summed E-state index contributed by atoms with van der Waals surface area (Å²) in [7, 11) is 0. The molecular formula is C42H30N4. The lowest BCUT2D eigenvalue weighted by molar-refractivity contribution is 1.06. The number of fused-ring (bicyclic) bond motifs is 7. The molecular weight excluding hydrogens is 560 g/mol. The first-order valence-corrected chi connectivity index (χ1v) is 15.7. The lowest BCUT2D eigenvalue weighted by Gasteiger charge is -2.11. The number of hydrogen-bond acceptors (Lipinski definition) is 2. The van der Waals surface area contributed by atoms with Crippen LogP contribution in [0.5, 0.6) is 0 Å². The van der Waals surface area contributed by atoms with Gasteiger partial charge in [-0.25, -0.2) is 9.97 Å². The van der Waals surface area contributed by atoms with Gasteiger partial charge in [-0.05, 0) is 79.6 Å². The minimum absolute atomic E-state index is 0.914. The Morgan fingerprint density at radius 2 is 1.11 bits per heavy atom. The largest absolute Gasteiger partial charge is 0.309 e. The van der Waals surface area contributed by atoms with Crippen LogP contribution in [0.2, 0.25) is 0 Å². The van der Waals surface area contributed by atoms with Gasteiger partial charge in [0.2, 0.25) is 0 Å². The fourth-order valence-corrected chi connectivity index (χ4v) is 6.92. The Hall–Kier alpha value is -6.00. The van der Waals surface area contributed by atoms with Crippen molar-refractivity contribution < 1.29 is 0 Å². The van der Waals surface area contributed by atoms with Gasteiger partial charge in [-0.3, -0.25) is 4.57 Å². The molecule has 0 amide bonds. The summed E-state index contributed by atoms with van der Waals surface area (Å²) in [6, 6.07) is 49.5. The van der Waals surface area contributed by atoms with E-state index in [4.69, 9.17) is 9.97 Å². The zero-order valence-electron chi connectivity index (χ0n) is 25.6. The fraction of sp³-hybridized carbons (Fsp3) is 0.0476. The zero-order valence-corrected chi connectivity index (χ0v) is 25.6. The number of nitrogens with zero attached hydrogens (tertiary/aromatic N) is 4. The normalized spacial score (nSPS) is 11.7. The molecule has 0 N–H and O–H groups in total. The summed E-state index contributed by atoms with van der Waals surface area (Å²) >= 11 is 0. The summed E-state index contributed by atoms with van der Waals surface area (Å²) < 4.78 is 4.71. The number of aryl methyl sites for hydroxylation is 2. The Morgan fingerprint density at radius 1 is 0.457 bits per heavy atom. The van der Waals surface area contributed by atoms with Gasteiger partial charge in [0.05, 0.1) is 33.5 Å². The molecule has 0 saturated heterocycles. The Morgan fingerprint density at radius 3 is 1.87 bits per heavy atom. The van der Waals surface area contributed by atoms with Crippen molar-refractivity contribution >= 4 is 43.6 Å². The van der Waals surface area contributed by atoms with Crippen molar-refractivity contribution in [3.05, 3.63) is 157 Å². The Labute approximate surface area is 266 Å².